The normalized spacial score (nSPS) is 16.5. The van der Waals surface area contributed by atoms with Crippen molar-refractivity contribution in [2.45, 2.75) is 37.7 Å². The second-order valence-corrected chi connectivity index (χ2v) is 6.64. The lowest BCUT2D eigenvalue weighted by Gasteiger charge is -2.28. The first kappa shape index (κ1) is 16.3. The Morgan fingerprint density at radius 2 is 1.83 bits per heavy atom. The zero-order chi connectivity index (χ0) is 16.3. The largest absolute Gasteiger partial charge is 0.484 e. The van der Waals surface area contributed by atoms with Crippen molar-refractivity contribution in [3.63, 3.8) is 0 Å². The zero-order valence-electron chi connectivity index (χ0n) is 13.0. The average molecular weight is 334 g/mol. The van der Waals surface area contributed by atoms with Gasteiger partial charge in [0, 0.05) is 12.0 Å². The van der Waals surface area contributed by atoms with Crippen molar-refractivity contribution >= 4 is 11.6 Å². The van der Waals surface area contributed by atoms with E-state index in [4.69, 9.17) is 22.1 Å². The Kier molecular flexibility index (Phi) is 4.88. The molecule has 1 fully saturated rings. The molecule has 3 rings (SSSR count). The van der Waals surface area contributed by atoms with Gasteiger partial charge in [0.05, 0.1) is 5.02 Å². The van der Waals surface area contributed by atoms with Crippen LogP contribution in [0.25, 0.3) is 0 Å². The van der Waals surface area contributed by atoms with Crippen molar-refractivity contribution < 1.29 is 9.13 Å². The molecule has 0 aromatic heterocycles. The lowest BCUT2D eigenvalue weighted by atomic mass is 9.79. The molecule has 0 amide bonds. The van der Waals surface area contributed by atoms with Gasteiger partial charge in [0.15, 0.2) is 11.6 Å². The van der Waals surface area contributed by atoms with E-state index in [2.05, 4.69) is 0 Å². The van der Waals surface area contributed by atoms with Crippen LogP contribution in [0.1, 0.15) is 36.8 Å². The first-order chi connectivity index (χ1) is 11.1. The maximum Gasteiger partial charge on any atom is 0.174 e. The highest BCUT2D eigenvalue weighted by atomic mass is 35.5. The highest BCUT2D eigenvalue weighted by Gasteiger charge is 2.35. The third-order valence-corrected chi connectivity index (χ3v) is 5.07. The monoisotopic (exact) mass is 333 g/mol. The Morgan fingerprint density at radius 3 is 2.43 bits per heavy atom. The smallest absolute Gasteiger partial charge is 0.174 e. The van der Waals surface area contributed by atoms with E-state index < -0.39 is 5.82 Å². The maximum atomic E-state index is 14.5. The Bertz CT molecular complexity index is 645. The van der Waals surface area contributed by atoms with Gasteiger partial charge in [-0.1, -0.05) is 54.8 Å². The van der Waals surface area contributed by atoms with E-state index in [-0.39, 0.29) is 11.2 Å². The summed E-state index contributed by atoms with van der Waals surface area (Å²) in [7, 11) is 0. The van der Waals surface area contributed by atoms with E-state index in [1.807, 2.05) is 36.4 Å². The fourth-order valence-electron chi connectivity index (χ4n) is 3.40. The van der Waals surface area contributed by atoms with Gasteiger partial charge in [-0.25, -0.2) is 4.39 Å². The third-order valence-electron chi connectivity index (χ3n) is 4.79. The molecule has 0 heterocycles. The van der Waals surface area contributed by atoms with Crippen LogP contribution in [-0.4, -0.2) is 6.54 Å². The molecule has 23 heavy (non-hydrogen) atoms. The average Bonchev–Trinajstić information content (AvgIpc) is 3.05. The van der Waals surface area contributed by atoms with Gasteiger partial charge in [-0.2, -0.15) is 0 Å². The fraction of sp³-hybridized carbons (Fsp3) is 0.368. The molecule has 0 unspecified atom stereocenters. The summed E-state index contributed by atoms with van der Waals surface area (Å²) in [5, 5.41) is 0.315. The first-order valence-corrected chi connectivity index (χ1v) is 8.39. The van der Waals surface area contributed by atoms with Gasteiger partial charge in [0.1, 0.15) is 6.61 Å². The second-order valence-electron chi connectivity index (χ2n) is 6.23. The summed E-state index contributed by atoms with van der Waals surface area (Å²) in [6.45, 7) is 0.811. The van der Waals surface area contributed by atoms with Crippen molar-refractivity contribution in [3.8, 4) is 5.75 Å². The number of hydrogen-bond acceptors (Lipinski definition) is 2. The van der Waals surface area contributed by atoms with E-state index in [0.29, 0.717) is 18.2 Å². The van der Waals surface area contributed by atoms with E-state index in [1.165, 1.54) is 0 Å². The Balaban J connectivity index is 1.83. The van der Waals surface area contributed by atoms with Crippen LogP contribution in [0.2, 0.25) is 5.02 Å². The number of ether oxygens (including phenoxy) is 1. The van der Waals surface area contributed by atoms with Crippen LogP contribution in [0, 0.1) is 5.82 Å². The van der Waals surface area contributed by atoms with Crippen molar-refractivity contribution in [1.82, 2.24) is 0 Å². The summed E-state index contributed by atoms with van der Waals surface area (Å²) < 4.78 is 20.1. The molecule has 2 N–H and O–H groups in total. The van der Waals surface area contributed by atoms with Gasteiger partial charge >= 0.3 is 0 Å². The summed E-state index contributed by atoms with van der Waals surface area (Å²) >= 11 is 6.29. The van der Waals surface area contributed by atoms with Crippen LogP contribution in [0.4, 0.5) is 4.39 Å². The predicted molar refractivity (Wildman–Crippen MR) is 91.4 cm³/mol. The first-order valence-electron chi connectivity index (χ1n) is 8.01. The van der Waals surface area contributed by atoms with Crippen molar-refractivity contribution in [1.29, 1.82) is 0 Å². The topological polar surface area (TPSA) is 35.2 Å². The molecule has 4 heteroatoms. The minimum atomic E-state index is -0.414. The van der Waals surface area contributed by atoms with Gasteiger partial charge in [-0.15, -0.1) is 0 Å². The Morgan fingerprint density at radius 1 is 1.13 bits per heavy atom. The number of halogens is 2. The van der Waals surface area contributed by atoms with Crippen LogP contribution >= 0.6 is 11.6 Å². The molecule has 1 aliphatic rings. The molecule has 2 aromatic carbocycles. The van der Waals surface area contributed by atoms with Crippen LogP contribution in [0.5, 0.6) is 5.75 Å². The molecule has 1 aliphatic carbocycles. The molecule has 0 aliphatic heterocycles. The summed E-state index contributed by atoms with van der Waals surface area (Å²) in [5.41, 5.74) is 7.71. The van der Waals surface area contributed by atoms with E-state index >= 15 is 0 Å². The van der Waals surface area contributed by atoms with Crippen LogP contribution < -0.4 is 10.5 Å². The van der Waals surface area contributed by atoms with Crippen LogP contribution in [0.15, 0.2) is 42.5 Å². The third kappa shape index (κ3) is 3.36. The van der Waals surface area contributed by atoms with Gasteiger partial charge < -0.3 is 10.5 Å². The lowest BCUT2D eigenvalue weighted by Crippen LogP contribution is -2.32. The molecule has 2 aromatic rings. The van der Waals surface area contributed by atoms with E-state index in [0.717, 1.165) is 36.8 Å². The molecule has 122 valence electrons. The van der Waals surface area contributed by atoms with Gasteiger partial charge in [0.25, 0.3) is 0 Å². The van der Waals surface area contributed by atoms with E-state index in [1.54, 1.807) is 6.07 Å². The SMILES string of the molecule is NCC1(c2cc(F)c(OCc3ccccc3)c(Cl)c2)CCCC1. The van der Waals surface area contributed by atoms with Crippen molar-refractivity contribution in [2.24, 2.45) is 5.73 Å². The summed E-state index contributed by atoms with van der Waals surface area (Å²) in [4.78, 5) is 0. The van der Waals surface area contributed by atoms with E-state index in [9.17, 15) is 4.39 Å². The van der Waals surface area contributed by atoms with Crippen LogP contribution in [-0.2, 0) is 12.0 Å². The number of benzene rings is 2. The second kappa shape index (κ2) is 6.90. The standard InChI is InChI=1S/C19H21ClFNO/c20-16-10-15(19(13-22)8-4-5-9-19)11-17(21)18(16)23-12-14-6-2-1-3-7-14/h1-3,6-7,10-11H,4-5,8-9,12-13,22H2. The van der Waals surface area contributed by atoms with Crippen molar-refractivity contribution in [3.05, 3.63) is 64.4 Å². The number of rotatable bonds is 5. The summed E-state index contributed by atoms with van der Waals surface area (Å²) in [5.74, 6) is -0.299. The van der Waals surface area contributed by atoms with Gasteiger partial charge in [-0.3, -0.25) is 0 Å². The van der Waals surface area contributed by atoms with Gasteiger partial charge in [0.2, 0.25) is 0 Å². The number of hydrogen-bond donors (Lipinski definition) is 1. The molecule has 0 saturated heterocycles. The Hall–Kier alpha value is -1.58. The predicted octanol–water partition coefficient (Wildman–Crippen LogP) is 4.83. The minimum Gasteiger partial charge on any atom is -0.484 e. The zero-order valence-corrected chi connectivity index (χ0v) is 13.8. The maximum absolute atomic E-state index is 14.5. The molecular weight excluding hydrogens is 313 g/mol. The van der Waals surface area contributed by atoms with Crippen molar-refractivity contribution in [2.75, 3.05) is 6.54 Å². The summed E-state index contributed by atoms with van der Waals surface area (Å²) in [6, 6.07) is 13.0. The molecular formula is C19H21ClFNO. The Labute approximate surface area is 141 Å². The fourth-order valence-corrected chi connectivity index (χ4v) is 3.66. The number of nitrogens with two attached hydrogens (primary N) is 1. The lowest BCUT2D eigenvalue weighted by molar-refractivity contribution is 0.289. The van der Waals surface area contributed by atoms with Crippen LogP contribution in [0.3, 0.4) is 0 Å². The highest BCUT2D eigenvalue weighted by Crippen LogP contribution is 2.43. The molecule has 1 saturated carbocycles. The molecule has 0 bridgehead atoms. The molecule has 2 nitrogen and oxygen atoms in total. The molecule has 0 atom stereocenters. The quantitative estimate of drug-likeness (QED) is 0.850. The van der Waals surface area contributed by atoms with Gasteiger partial charge in [-0.05, 0) is 36.1 Å². The minimum absolute atomic E-state index is 0.115. The highest BCUT2D eigenvalue weighted by molar-refractivity contribution is 6.32. The summed E-state index contributed by atoms with van der Waals surface area (Å²) in [6.07, 6.45) is 4.23. The molecule has 0 spiro atoms. The molecule has 0 radical (unpaired) electrons.